The summed E-state index contributed by atoms with van der Waals surface area (Å²) in [7, 11) is 0. The van der Waals surface area contributed by atoms with Crippen molar-refractivity contribution in [2.24, 2.45) is 0 Å². The number of amides is 1. The molecule has 6 nitrogen and oxygen atoms in total. The van der Waals surface area contributed by atoms with E-state index in [1.807, 2.05) is 42.5 Å². The lowest BCUT2D eigenvalue weighted by Gasteiger charge is -2.05. The van der Waals surface area contributed by atoms with Crippen molar-refractivity contribution in [1.82, 2.24) is 15.2 Å². The van der Waals surface area contributed by atoms with E-state index in [0.717, 1.165) is 15.8 Å². The average Bonchev–Trinajstić information content (AvgIpc) is 3.14. The number of pyridine rings is 1. The summed E-state index contributed by atoms with van der Waals surface area (Å²) in [5.74, 6) is 0.344. The first-order valence-electron chi connectivity index (χ1n) is 8.21. The highest BCUT2D eigenvalue weighted by Gasteiger charge is 2.12. The predicted molar refractivity (Wildman–Crippen MR) is 111 cm³/mol. The van der Waals surface area contributed by atoms with Crippen LogP contribution >= 0.6 is 34.7 Å². The third-order valence-corrected chi connectivity index (χ3v) is 5.83. The highest BCUT2D eigenvalue weighted by atomic mass is 35.5. The van der Waals surface area contributed by atoms with Crippen molar-refractivity contribution in [3.63, 3.8) is 0 Å². The fourth-order valence-corrected chi connectivity index (χ4v) is 4.41. The van der Waals surface area contributed by atoms with E-state index in [0.29, 0.717) is 20.2 Å². The second kappa shape index (κ2) is 8.55. The number of ether oxygens (including phenoxy) is 1. The molecule has 2 aromatic carbocycles. The van der Waals surface area contributed by atoms with Crippen LogP contribution in [-0.2, 0) is 4.79 Å². The third-order valence-electron chi connectivity index (χ3n) is 3.63. The minimum Gasteiger partial charge on any atom is -0.484 e. The summed E-state index contributed by atoms with van der Waals surface area (Å²) in [5, 5.41) is 12.9. The van der Waals surface area contributed by atoms with Gasteiger partial charge in [0.2, 0.25) is 5.13 Å². The summed E-state index contributed by atoms with van der Waals surface area (Å²) in [5.41, 5.74) is 0.814. The van der Waals surface area contributed by atoms with Crippen LogP contribution in [0.1, 0.15) is 0 Å². The predicted octanol–water partition coefficient (Wildman–Crippen LogP) is 4.91. The molecule has 4 aromatic rings. The Morgan fingerprint density at radius 2 is 2.00 bits per heavy atom. The Labute approximate surface area is 173 Å². The van der Waals surface area contributed by atoms with Gasteiger partial charge in [0.15, 0.2) is 10.9 Å². The Bertz CT molecular complexity index is 1120. The van der Waals surface area contributed by atoms with Gasteiger partial charge in [-0.15, -0.1) is 10.2 Å². The van der Waals surface area contributed by atoms with E-state index in [9.17, 15) is 4.79 Å². The van der Waals surface area contributed by atoms with E-state index in [1.54, 1.807) is 18.3 Å². The maximum Gasteiger partial charge on any atom is 0.264 e. The van der Waals surface area contributed by atoms with Crippen LogP contribution in [0, 0.1) is 0 Å². The fraction of sp³-hybridized carbons (Fsp3) is 0.0526. The van der Waals surface area contributed by atoms with E-state index in [1.165, 1.54) is 23.1 Å². The molecule has 0 bridgehead atoms. The SMILES string of the molecule is O=C(COc1ccccc1)Nc1nnc(Sc2ccnc3cc(Cl)ccc23)s1. The van der Waals surface area contributed by atoms with Gasteiger partial charge in [-0.25, -0.2) is 0 Å². The number of halogens is 1. The number of hydrogen-bond acceptors (Lipinski definition) is 7. The molecule has 0 aliphatic heterocycles. The second-order valence-corrected chi connectivity index (χ2v) is 8.30. The van der Waals surface area contributed by atoms with Crippen LogP contribution < -0.4 is 10.1 Å². The zero-order valence-electron chi connectivity index (χ0n) is 14.3. The van der Waals surface area contributed by atoms with Crippen LogP contribution in [0.5, 0.6) is 5.75 Å². The lowest BCUT2D eigenvalue weighted by atomic mass is 10.2. The van der Waals surface area contributed by atoms with Crippen molar-refractivity contribution in [2.75, 3.05) is 11.9 Å². The Morgan fingerprint density at radius 3 is 2.86 bits per heavy atom. The van der Waals surface area contributed by atoms with Crippen molar-refractivity contribution in [3.05, 3.63) is 65.8 Å². The van der Waals surface area contributed by atoms with Gasteiger partial charge in [0, 0.05) is 21.5 Å². The first-order chi connectivity index (χ1) is 13.7. The third kappa shape index (κ3) is 4.59. The standard InChI is InChI=1S/C19H13ClN4O2S2/c20-12-6-7-14-15(10-12)21-9-8-16(14)27-19-24-23-18(28-19)22-17(25)11-26-13-4-2-1-3-5-13/h1-10H,11H2,(H,22,23,25). The number of nitrogens with zero attached hydrogens (tertiary/aromatic N) is 3. The summed E-state index contributed by atoms with van der Waals surface area (Å²) in [6, 6.07) is 16.6. The Morgan fingerprint density at radius 1 is 1.14 bits per heavy atom. The van der Waals surface area contributed by atoms with Crippen molar-refractivity contribution >= 4 is 56.6 Å². The number of carbonyl (C=O) groups is 1. The molecule has 2 heterocycles. The van der Waals surface area contributed by atoms with E-state index >= 15 is 0 Å². The maximum absolute atomic E-state index is 12.0. The molecule has 2 aromatic heterocycles. The number of hydrogen-bond donors (Lipinski definition) is 1. The van der Waals surface area contributed by atoms with Crippen LogP contribution in [0.4, 0.5) is 5.13 Å². The zero-order valence-corrected chi connectivity index (χ0v) is 16.7. The topological polar surface area (TPSA) is 77.0 Å². The normalized spacial score (nSPS) is 10.8. The summed E-state index contributed by atoms with van der Waals surface area (Å²) < 4.78 is 6.13. The first kappa shape index (κ1) is 18.7. The molecule has 1 amide bonds. The van der Waals surface area contributed by atoms with Gasteiger partial charge in [0.1, 0.15) is 5.75 Å². The van der Waals surface area contributed by atoms with Gasteiger partial charge in [0.25, 0.3) is 5.91 Å². The molecule has 4 rings (SSSR count). The molecule has 0 saturated carbocycles. The summed E-state index contributed by atoms with van der Waals surface area (Å²) in [6.45, 7) is -0.0954. The van der Waals surface area contributed by atoms with Gasteiger partial charge in [-0.1, -0.05) is 59.0 Å². The molecule has 0 spiro atoms. The monoisotopic (exact) mass is 428 g/mol. The maximum atomic E-state index is 12.0. The Hall–Kier alpha value is -2.68. The highest BCUT2D eigenvalue weighted by molar-refractivity contribution is 8.01. The lowest BCUT2D eigenvalue weighted by molar-refractivity contribution is -0.118. The molecule has 0 aliphatic carbocycles. The van der Waals surface area contributed by atoms with E-state index in [2.05, 4.69) is 20.5 Å². The van der Waals surface area contributed by atoms with Crippen molar-refractivity contribution in [1.29, 1.82) is 0 Å². The Balaban J connectivity index is 1.40. The van der Waals surface area contributed by atoms with Gasteiger partial charge in [-0.2, -0.15) is 0 Å². The largest absolute Gasteiger partial charge is 0.484 e. The van der Waals surface area contributed by atoms with Gasteiger partial charge < -0.3 is 4.74 Å². The number of benzene rings is 2. The summed E-state index contributed by atoms with van der Waals surface area (Å²) in [6.07, 6.45) is 1.73. The van der Waals surface area contributed by atoms with Gasteiger partial charge in [0.05, 0.1) is 5.52 Å². The number of aromatic nitrogens is 3. The van der Waals surface area contributed by atoms with E-state index in [-0.39, 0.29) is 12.5 Å². The fourth-order valence-electron chi connectivity index (χ4n) is 2.40. The minimum absolute atomic E-state index is 0.0954. The molecular weight excluding hydrogens is 416 g/mol. The van der Waals surface area contributed by atoms with Crippen LogP contribution in [-0.4, -0.2) is 27.7 Å². The van der Waals surface area contributed by atoms with Crippen molar-refractivity contribution in [2.45, 2.75) is 9.24 Å². The Kier molecular flexibility index (Phi) is 5.70. The van der Waals surface area contributed by atoms with Crippen LogP contribution in [0.25, 0.3) is 10.9 Å². The van der Waals surface area contributed by atoms with Crippen LogP contribution in [0.15, 0.2) is 70.0 Å². The molecular formula is C19H13ClN4O2S2. The molecule has 1 N–H and O–H groups in total. The van der Waals surface area contributed by atoms with E-state index in [4.69, 9.17) is 16.3 Å². The molecule has 0 aliphatic rings. The molecule has 0 fully saturated rings. The lowest BCUT2D eigenvalue weighted by Crippen LogP contribution is -2.20. The van der Waals surface area contributed by atoms with Gasteiger partial charge in [-0.3, -0.25) is 15.1 Å². The number of nitrogens with one attached hydrogen (secondary N) is 1. The quantitative estimate of drug-likeness (QED) is 0.440. The number of rotatable bonds is 6. The van der Waals surface area contributed by atoms with Crippen LogP contribution in [0.2, 0.25) is 5.02 Å². The highest BCUT2D eigenvalue weighted by Crippen LogP contribution is 2.36. The molecule has 0 radical (unpaired) electrons. The molecule has 0 unspecified atom stereocenters. The summed E-state index contributed by atoms with van der Waals surface area (Å²) in [4.78, 5) is 17.4. The van der Waals surface area contributed by atoms with Crippen molar-refractivity contribution in [3.8, 4) is 5.75 Å². The zero-order chi connectivity index (χ0) is 19.3. The smallest absolute Gasteiger partial charge is 0.264 e. The molecule has 140 valence electrons. The molecule has 9 heteroatoms. The van der Waals surface area contributed by atoms with Crippen LogP contribution in [0.3, 0.4) is 0 Å². The number of para-hydroxylation sites is 1. The molecule has 0 atom stereocenters. The molecule has 0 saturated heterocycles. The number of anilines is 1. The average molecular weight is 429 g/mol. The first-order valence-corrected chi connectivity index (χ1v) is 10.2. The van der Waals surface area contributed by atoms with Gasteiger partial charge >= 0.3 is 0 Å². The van der Waals surface area contributed by atoms with Crippen molar-refractivity contribution < 1.29 is 9.53 Å². The minimum atomic E-state index is -0.291. The number of carbonyl (C=O) groups excluding carboxylic acids is 1. The van der Waals surface area contributed by atoms with E-state index < -0.39 is 0 Å². The molecule has 28 heavy (non-hydrogen) atoms. The number of fused-ring (bicyclic) bond motifs is 1. The van der Waals surface area contributed by atoms with Gasteiger partial charge in [-0.05, 0) is 30.3 Å². The second-order valence-electron chi connectivity index (χ2n) is 5.60. The summed E-state index contributed by atoms with van der Waals surface area (Å²) >= 11 is 8.79.